The quantitative estimate of drug-likeness (QED) is 0.331. The van der Waals surface area contributed by atoms with Crippen LogP contribution in [0.15, 0.2) is 5.11 Å². The molecule has 13 heteroatoms. The molecule has 134 valence electrons. The van der Waals surface area contributed by atoms with Crippen LogP contribution >= 0.6 is 0 Å². The average Bonchev–Trinajstić information content (AvgIpc) is 2.72. The minimum atomic E-state index is -5.11. The molecule has 1 amide bonds. The summed E-state index contributed by atoms with van der Waals surface area (Å²) >= 11 is 0. The monoisotopic (exact) mass is 354 g/mol. The fraction of sp³-hybridized carbons (Fsp3) is 0.727. The molecule has 4 atom stereocenters. The molecule has 0 bridgehead atoms. The van der Waals surface area contributed by atoms with E-state index in [0.717, 1.165) is 13.8 Å². The standard InChI is InChI=1S/C11H13F3N4O6/c1-4(19)22-8-7(17-18-15)6(24-9(8)23-5(2)20)3-16-10(21)11(12,13)14/h6-9H,3H2,1-2H3,(H,16,21)/t6-,7?,8?,9?/m1/s1. The first-order valence-electron chi connectivity index (χ1n) is 6.45. The number of hydrogen-bond acceptors (Lipinski definition) is 7. The van der Waals surface area contributed by atoms with Crippen LogP contribution in [0.25, 0.3) is 10.4 Å². The zero-order valence-electron chi connectivity index (χ0n) is 12.4. The number of ether oxygens (including phenoxy) is 3. The smallest absolute Gasteiger partial charge is 0.455 e. The lowest BCUT2D eigenvalue weighted by Crippen LogP contribution is -2.44. The summed E-state index contributed by atoms with van der Waals surface area (Å²) in [6.07, 6.45) is -9.28. The molecule has 0 radical (unpaired) electrons. The minimum Gasteiger partial charge on any atom is -0.455 e. The third-order valence-corrected chi connectivity index (χ3v) is 2.79. The second-order valence-electron chi connectivity index (χ2n) is 4.63. The minimum absolute atomic E-state index is 0.711. The molecular weight excluding hydrogens is 341 g/mol. The first-order chi connectivity index (χ1) is 11.1. The van der Waals surface area contributed by atoms with Crippen LogP contribution < -0.4 is 5.32 Å². The van der Waals surface area contributed by atoms with E-state index in [1.807, 2.05) is 0 Å². The number of azide groups is 1. The predicted octanol–water partition coefficient (Wildman–Crippen LogP) is 0.563. The SMILES string of the molecule is CC(=O)OC1O[C@H](CNC(=O)C(F)(F)F)C(N=[N+]=[N-])C1OC(C)=O. The maximum atomic E-state index is 12.2. The molecule has 0 aromatic carbocycles. The van der Waals surface area contributed by atoms with Crippen molar-refractivity contribution in [3.63, 3.8) is 0 Å². The number of halogens is 3. The number of carbonyl (C=O) groups is 3. The van der Waals surface area contributed by atoms with Gasteiger partial charge in [-0.3, -0.25) is 14.4 Å². The van der Waals surface area contributed by atoms with Crippen LogP contribution in [-0.2, 0) is 28.6 Å². The number of nitrogens with zero attached hydrogens (tertiary/aromatic N) is 3. The third-order valence-electron chi connectivity index (χ3n) is 2.79. The number of rotatable bonds is 5. The van der Waals surface area contributed by atoms with E-state index < -0.39 is 55.1 Å². The van der Waals surface area contributed by atoms with Gasteiger partial charge in [0.15, 0.2) is 6.10 Å². The van der Waals surface area contributed by atoms with Crippen molar-refractivity contribution in [2.75, 3.05) is 6.54 Å². The third kappa shape index (κ3) is 5.28. The van der Waals surface area contributed by atoms with Gasteiger partial charge in [-0.05, 0) is 5.53 Å². The fourth-order valence-corrected chi connectivity index (χ4v) is 1.94. The van der Waals surface area contributed by atoms with Crippen molar-refractivity contribution in [1.82, 2.24) is 5.32 Å². The molecule has 1 N–H and O–H groups in total. The van der Waals surface area contributed by atoms with Crippen molar-refractivity contribution < 1.29 is 41.8 Å². The number of hydrogen-bond donors (Lipinski definition) is 1. The lowest BCUT2D eigenvalue weighted by atomic mass is 10.1. The molecule has 0 spiro atoms. The fourth-order valence-electron chi connectivity index (χ4n) is 1.94. The number of amides is 1. The van der Waals surface area contributed by atoms with Crippen molar-refractivity contribution in [1.29, 1.82) is 0 Å². The molecular formula is C11H13F3N4O6. The van der Waals surface area contributed by atoms with Gasteiger partial charge in [-0.1, -0.05) is 5.11 Å². The Morgan fingerprint density at radius 2 is 1.83 bits per heavy atom. The normalized spacial score (nSPS) is 26.2. The molecule has 0 aromatic heterocycles. The van der Waals surface area contributed by atoms with Gasteiger partial charge in [-0.25, -0.2) is 0 Å². The van der Waals surface area contributed by atoms with Crippen molar-refractivity contribution in [2.45, 2.75) is 44.6 Å². The summed E-state index contributed by atoms with van der Waals surface area (Å²) in [4.78, 5) is 35.5. The summed E-state index contributed by atoms with van der Waals surface area (Å²) in [7, 11) is 0. The molecule has 1 heterocycles. The van der Waals surface area contributed by atoms with Gasteiger partial charge in [0.05, 0.1) is 6.10 Å². The second kappa shape index (κ2) is 7.84. The van der Waals surface area contributed by atoms with Gasteiger partial charge in [0.25, 0.3) is 0 Å². The highest BCUT2D eigenvalue weighted by molar-refractivity contribution is 5.81. The van der Waals surface area contributed by atoms with E-state index in [-0.39, 0.29) is 0 Å². The van der Waals surface area contributed by atoms with Gasteiger partial charge in [-0.2, -0.15) is 13.2 Å². The molecule has 0 saturated carbocycles. The summed E-state index contributed by atoms with van der Waals surface area (Å²) in [5.74, 6) is -3.87. The average molecular weight is 354 g/mol. The van der Waals surface area contributed by atoms with Crippen molar-refractivity contribution in [3.8, 4) is 0 Å². The lowest BCUT2D eigenvalue weighted by molar-refractivity contribution is -0.194. The molecule has 24 heavy (non-hydrogen) atoms. The van der Waals surface area contributed by atoms with Crippen LogP contribution in [0.3, 0.4) is 0 Å². The van der Waals surface area contributed by atoms with Crippen LogP contribution in [0.5, 0.6) is 0 Å². The highest BCUT2D eigenvalue weighted by atomic mass is 19.4. The second-order valence-corrected chi connectivity index (χ2v) is 4.63. The van der Waals surface area contributed by atoms with Crippen molar-refractivity contribution >= 4 is 17.8 Å². The highest BCUT2D eigenvalue weighted by Gasteiger charge is 2.49. The topological polar surface area (TPSA) is 140 Å². The van der Waals surface area contributed by atoms with E-state index >= 15 is 0 Å². The maximum absolute atomic E-state index is 12.2. The molecule has 0 aromatic rings. The summed E-state index contributed by atoms with van der Waals surface area (Å²) in [6, 6.07) is -1.31. The first kappa shape index (κ1) is 19.5. The molecule has 1 rings (SSSR count). The number of alkyl halides is 3. The Balaban J connectivity index is 2.93. The Hall–Kier alpha value is -2.53. The van der Waals surface area contributed by atoms with Crippen LogP contribution in [0.2, 0.25) is 0 Å². The van der Waals surface area contributed by atoms with E-state index in [0.29, 0.717) is 0 Å². The van der Waals surface area contributed by atoms with E-state index in [4.69, 9.17) is 19.7 Å². The van der Waals surface area contributed by atoms with Gasteiger partial charge in [-0.15, -0.1) is 0 Å². The molecule has 0 aliphatic carbocycles. The molecule has 1 aliphatic heterocycles. The lowest BCUT2D eigenvalue weighted by Gasteiger charge is -2.19. The van der Waals surface area contributed by atoms with Gasteiger partial charge < -0.3 is 19.5 Å². The molecule has 1 saturated heterocycles. The van der Waals surface area contributed by atoms with E-state index in [2.05, 4.69) is 10.0 Å². The summed E-state index contributed by atoms with van der Waals surface area (Å²) in [5, 5.41) is 4.84. The van der Waals surface area contributed by atoms with Gasteiger partial charge >= 0.3 is 24.0 Å². The number of nitrogens with one attached hydrogen (secondary N) is 1. The number of esters is 2. The zero-order chi connectivity index (χ0) is 18.5. The van der Waals surface area contributed by atoms with Crippen molar-refractivity contribution in [3.05, 3.63) is 10.4 Å². The molecule has 1 aliphatic rings. The van der Waals surface area contributed by atoms with Crippen LogP contribution in [-0.4, -0.2) is 55.1 Å². The predicted molar refractivity (Wildman–Crippen MR) is 68.0 cm³/mol. The van der Waals surface area contributed by atoms with Crippen molar-refractivity contribution in [2.24, 2.45) is 5.11 Å². The van der Waals surface area contributed by atoms with E-state index in [1.165, 1.54) is 0 Å². The van der Waals surface area contributed by atoms with Gasteiger partial charge in [0.1, 0.15) is 6.04 Å². The summed E-state index contributed by atoms with van der Waals surface area (Å²) < 4.78 is 51.3. The van der Waals surface area contributed by atoms with Gasteiger partial charge in [0.2, 0.25) is 6.29 Å². The highest BCUT2D eigenvalue weighted by Crippen LogP contribution is 2.28. The Bertz CT molecular complexity index is 562. The Labute approximate surface area is 132 Å². The largest absolute Gasteiger partial charge is 0.471 e. The van der Waals surface area contributed by atoms with E-state index in [9.17, 15) is 27.6 Å². The molecule has 10 nitrogen and oxygen atoms in total. The van der Waals surface area contributed by atoms with Crippen LogP contribution in [0.1, 0.15) is 13.8 Å². The zero-order valence-corrected chi connectivity index (χ0v) is 12.4. The van der Waals surface area contributed by atoms with E-state index in [1.54, 1.807) is 5.32 Å². The molecule has 3 unspecified atom stereocenters. The van der Waals surface area contributed by atoms with Crippen LogP contribution in [0.4, 0.5) is 13.2 Å². The summed E-state index contributed by atoms with van der Waals surface area (Å²) in [6.45, 7) is 1.34. The maximum Gasteiger partial charge on any atom is 0.471 e. The summed E-state index contributed by atoms with van der Waals surface area (Å²) in [5.41, 5.74) is 8.56. The van der Waals surface area contributed by atoms with Gasteiger partial charge in [0, 0.05) is 25.3 Å². The first-order valence-corrected chi connectivity index (χ1v) is 6.45. The molecule has 1 fully saturated rings. The Morgan fingerprint density at radius 3 is 2.29 bits per heavy atom. The number of carbonyl (C=O) groups excluding carboxylic acids is 3. The Kier molecular flexibility index (Phi) is 6.37. The Morgan fingerprint density at radius 1 is 1.25 bits per heavy atom. The van der Waals surface area contributed by atoms with Crippen LogP contribution in [0, 0.1) is 0 Å².